The molecule has 0 saturated heterocycles. The molecule has 292 valence electrons. The van der Waals surface area contributed by atoms with E-state index >= 15 is 0 Å². The summed E-state index contributed by atoms with van der Waals surface area (Å²) in [6, 6.07) is 6.63. The van der Waals surface area contributed by atoms with Crippen molar-refractivity contribution in [3.05, 3.63) is 71.9 Å². The Hall–Kier alpha value is -5.85. The number of aromatic amines is 1. The molecular weight excluding hydrogens is 706 g/mol. The molecule has 0 fully saturated rings. The van der Waals surface area contributed by atoms with Crippen LogP contribution in [0.5, 0.6) is 0 Å². The highest BCUT2D eigenvalue weighted by Crippen LogP contribution is 2.19. The van der Waals surface area contributed by atoms with Crippen LogP contribution in [0.1, 0.15) is 38.3 Å². The molecular formula is C36H47N7O11. The first-order valence-electron chi connectivity index (χ1n) is 17.1. The van der Waals surface area contributed by atoms with Gasteiger partial charge in [0.05, 0.1) is 25.2 Å². The zero-order valence-electron chi connectivity index (χ0n) is 29.9. The summed E-state index contributed by atoms with van der Waals surface area (Å²) in [6.07, 6.45) is -1.08. The highest BCUT2D eigenvalue weighted by molar-refractivity contribution is 5.98. The minimum atomic E-state index is -1.87. The van der Waals surface area contributed by atoms with Crippen LogP contribution < -0.4 is 32.3 Å². The average Bonchev–Trinajstić information content (AvgIpc) is 3.53. The minimum absolute atomic E-state index is 0.0987. The molecule has 0 spiro atoms. The van der Waals surface area contributed by atoms with Gasteiger partial charge in [-0.1, -0.05) is 62.4 Å². The number of hydrogen-bond donors (Lipinski definition) is 11. The lowest BCUT2D eigenvalue weighted by atomic mass is 10.0. The average molecular weight is 754 g/mol. The lowest BCUT2D eigenvalue weighted by Gasteiger charge is -2.28. The van der Waals surface area contributed by atoms with Crippen LogP contribution in [-0.2, 0) is 46.4 Å². The second-order valence-corrected chi connectivity index (χ2v) is 13.1. The summed E-state index contributed by atoms with van der Waals surface area (Å²) in [5.41, 5.74) is 7.99. The molecule has 0 bridgehead atoms. The third kappa shape index (κ3) is 12.1. The van der Waals surface area contributed by atoms with Crippen molar-refractivity contribution in [3.8, 4) is 0 Å². The molecule has 0 unspecified atom stereocenters. The quantitative estimate of drug-likeness (QED) is 0.0615. The Morgan fingerprint density at radius 1 is 0.685 bits per heavy atom. The SMILES string of the molecule is CC(C)[C@H](NC(=O)[C@H](Cc1c[nH]c2ccccc12)NC(=O)[C@@H](NC(=O)[C@H](CC(=O)O)NC(=O)[C@H](CO)NC(=O)[C@@H](N)Cc1ccccc1)[C@@H](C)O)C(=O)O. The summed E-state index contributed by atoms with van der Waals surface area (Å²) >= 11 is 0. The molecule has 0 aliphatic carbocycles. The van der Waals surface area contributed by atoms with E-state index in [9.17, 15) is 54.0 Å². The predicted octanol–water partition coefficient (Wildman–Crippen LogP) is -1.71. The van der Waals surface area contributed by atoms with Crippen LogP contribution in [0.2, 0.25) is 0 Å². The monoisotopic (exact) mass is 753 g/mol. The van der Waals surface area contributed by atoms with Crippen molar-refractivity contribution in [1.82, 2.24) is 31.6 Å². The molecule has 18 nitrogen and oxygen atoms in total. The fraction of sp³-hybridized carbons (Fsp3) is 0.417. The third-order valence-electron chi connectivity index (χ3n) is 8.49. The van der Waals surface area contributed by atoms with Crippen LogP contribution >= 0.6 is 0 Å². The lowest BCUT2D eigenvalue weighted by molar-refractivity contribution is -0.143. The Balaban J connectivity index is 1.78. The van der Waals surface area contributed by atoms with Crippen LogP contribution in [0.3, 0.4) is 0 Å². The number of fused-ring (bicyclic) bond motifs is 1. The number of carbonyl (C=O) groups excluding carboxylic acids is 5. The van der Waals surface area contributed by atoms with Gasteiger partial charge in [-0.3, -0.25) is 28.8 Å². The number of nitrogens with one attached hydrogen (secondary N) is 6. The van der Waals surface area contributed by atoms with Crippen LogP contribution in [-0.4, -0.2) is 116 Å². The number of carboxylic acids is 2. The zero-order chi connectivity index (χ0) is 40.1. The number of amides is 5. The maximum Gasteiger partial charge on any atom is 0.326 e. The number of carboxylic acid groups (broad SMARTS) is 2. The Morgan fingerprint density at radius 2 is 1.24 bits per heavy atom. The Labute approximate surface area is 310 Å². The maximum atomic E-state index is 13.6. The Morgan fingerprint density at radius 3 is 1.83 bits per heavy atom. The highest BCUT2D eigenvalue weighted by atomic mass is 16.4. The molecule has 1 heterocycles. The number of nitrogens with two attached hydrogens (primary N) is 1. The number of benzene rings is 2. The fourth-order valence-electron chi connectivity index (χ4n) is 5.51. The first kappa shape index (κ1) is 42.6. The molecule has 3 rings (SSSR count). The smallest absolute Gasteiger partial charge is 0.326 e. The molecule has 0 aliphatic heterocycles. The van der Waals surface area contributed by atoms with Gasteiger partial charge in [0.2, 0.25) is 29.5 Å². The van der Waals surface area contributed by atoms with E-state index in [4.69, 9.17) is 5.73 Å². The van der Waals surface area contributed by atoms with Gasteiger partial charge < -0.3 is 57.7 Å². The van der Waals surface area contributed by atoms with Gasteiger partial charge in [-0.2, -0.15) is 0 Å². The van der Waals surface area contributed by atoms with Crippen molar-refractivity contribution >= 4 is 52.4 Å². The van der Waals surface area contributed by atoms with Crippen molar-refractivity contribution in [3.63, 3.8) is 0 Å². The number of aromatic nitrogens is 1. The van der Waals surface area contributed by atoms with Gasteiger partial charge in [0, 0.05) is 23.5 Å². The normalized spacial score (nSPS) is 15.1. The molecule has 0 radical (unpaired) electrons. The van der Waals surface area contributed by atoms with Gasteiger partial charge in [-0.15, -0.1) is 0 Å². The van der Waals surface area contributed by atoms with Crippen molar-refractivity contribution in [2.45, 2.75) is 82.4 Å². The number of rotatable bonds is 20. The van der Waals surface area contributed by atoms with E-state index in [-0.39, 0.29) is 12.8 Å². The van der Waals surface area contributed by atoms with E-state index in [1.807, 2.05) is 0 Å². The maximum absolute atomic E-state index is 13.6. The Bertz CT molecular complexity index is 1800. The Kier molecular flexibility index (Phi) is 15.6. The zero-order valence-corrected chi connectivity index (χ0v) is 29.9. The topological polar surface area (TPSA) is 302 Å². The van der Waals surface area contributed by atoms with Crippen molar-refractivity contribution in [1.29, 1.82) is 0 Å². The van der Waals surface area contributed by atoms with E-state index in [2.05, 4.69) is 31.6 Å². The summed E-state index contributed by atoms with van der Waals surface area (Å²) in [7, 11) is 0. The molecule has 3 aromatic rings. The molecule has 54 heavy (non-hydrogen) atoms. The number of para-hydroxylation sites is 1. The predicted molar refractivity (Wildman–Crippen MR) is 193 cm³/mol. The number of aliphatic carboxylic acids is 2. The van der Waals surface area contributed by atoms with Gasteiger partial charge in [0.15, 0.2) is 0 Å². The fourth-order valence-corrected chi connectivity index (χ4v) is 5.51. The second kappa shape index (κ2) is 19.8. The third-order valence-corrected chi connectivity index (χ3v) is 8.49. The van der Waals surface area contributed by atoms with E-state index in [0.29, 0.717) is 10.9 Å². The van der Waals surface area contributed by atoms with Gasteiger partial charge in [-0.05, 0) is 36.5 Å². The number of aliphatic hydroxyl groups excluding tert-OH is 2. The number of carbonyl (C=O) groups is 7. The van der Waals surface area contributed by atoms with Crippen LogP contribution in [0.4, 0.5) is 0 Å². The molecule has 2 aromatic carbocycles. The second-order valence-electron chi connectivity index (χ2n) is 13.1. The number of hydrogen-bond acceptors (Lipinski definition) is 10. The first-order valence-corrected chi connectivity index (χ1v) is 17.1. The summed E-state index contributed by atoms with van der Waals surface area (Å²) in [5.74, 6) is -8.56. The lowest BCUT2D eigenvalue weighted by Crippen LogP contribution is -2.62. The van der Waals surface area contributed by atoms with E-state index in [1.54, 1.807) is 74.6 Å². The van der Waals surface area contributed by atoms with Crippen LogP contribution in [0.25, 0.3) is 10.9 Å². The van der Waals surface area contributed by atoms with Gasteiger partial charge in [0.25, 0.3) is 0 Å². The van der Waals surface area contributed by atoms with Gasteiger partial charge in [-0.25, -0.2) is 4.79 Å². The molecule has 1 aromatic heterocycles. The molecule has 5 amide bonds. The van der Waals surface area contributed by atoms with Gasteiger partial charge >= 0.3 is 11.9 Å². The van der Waals surface area contributed by atoms with Crippen molar-refractivity contribution in [2.24, 2.45) is 11.7 Å². The highest BCUT2D eigenvalue weighted by Gasteiger charge is 2.36. The molecule has 18 heteroatoms. The van der Waals surface area contributed by atoms with E-state index in [0.717, 1.165) is 18.0 Å². The summed E-state index contributed by atoms with van der Waals surface area (Å²) < 4.78 is 0. The van der Waals surface area contributed by atoms with Crippen molar-refractivity contribution < 1.29 is 54.0 Å². The van der Waals surface area contributed by atoms with Crippen molar-refractivity contribution in [2.75, 3.05) is 6.61 Å². The first-order chi connectivity index (χ1) is 25.5. The van der Waals surface area contributed by atoms with Crippen LogP contribution in [0.15, 0.2) is 60.8 Å². The van der Waals surface area contributed by atoms with E-state index < -0.39 is 103 Å². The number of H-pyrrole nitrogens is 1. The standard InChI is InChI=1S/C36H47N7O11/c1-18(2)29(36(53)54)42-32(49)25(14-21-16-38-24-12-8-7-11-22(21)24)40-35(52)30(19(3)45)43-33(50)26(15-28(46)47)39-34(51)27(17-44)41-31(48)23(37)13-20-9-5-4-6-10-20/h4-12,16,18-19,23,25-27,29-30,38,44-45H,13-15,17,37H2,1-3H3,(H,39,51)(H,40,52)(H,41,48)(H,42,49)(H,43,50)(H,46,47)(H,53,54)/t19-,23+,25+,26+,27+,29+,30+/m1/s1. The van der Waals surface area contributed by atoms with Gasteiger partial charge in [0.1, 0.15) is 30.2 Å². The summed E-state index contributed by atoms with van der Waals surface area (Å²) in [6.45, 7) is 3.35. The molecule has 0 aliphatic rings. The largest absolute Gasteiger partial charge is 0.481 e. The molecule has 0 saturated carbocycles. The number of aliphatic hydroxyl groups is 2. The summed E-state index contributed by atoms with van der Waals surface area (Å²) in [5, 5.41) is 51.7. The van der Waals surface area contributed by atoms with E-state index in [1.165, 1.54) is 0 Å². The minimum Gasteiger partial charge on any atom is -0.481 e. The van der Waals surface area contributed by atoms with Crippen LogP contribution in [0, 0.1) is 5.92 Å². The molecule has 12 N–H and O–H groups in total. The summed E-state index contributed by atoms with van der Waals surface area (Å²) in [4.78, 5) is 92.9. The molecule has 7 atom stereocenters.